The van der Waals surface area contributed by atoms with Crippen LogP contribution in [0.4, 0.5) is 5.69 Å². The van der Waals surface area contributed by atoms with E-state index < -0.39 is 0 Å². The van der Waals surface area contributed by atoms with Crippen LogP contribution in [0.3, 0.4) is 0 Å². The van der Waals surface area contributed by atoms with Gasteiger partial charge >= 0.3 is 0 Å². The number of benzene rings is 1. The fraction of sp³-hybridized carbons (Fsp3) is 0.600. The third-order valence-corrected chi connectivity index (χ3v) is 5.12. The van der Waals surface area contributed by atoms with E-state index in [9.17, 15) is 9.59 Å². The Kier molecular flexibility index (Phi) is 6.85. The Labute approximate surface area is 151 Å². The summed E-state index contributed by atoms with van der Waals surface area (Å²) in [4.78, 5) is 28.8. The average molecular weight is 345 g/mol. The molecule has 2 rings (SSSR count). The van der Waals surface area contributed by atoms with Gasteiger partial charge in [-0.15, -0.1) is 0 Å². The number of piperidine rings is 1. The van der Waals surface area contributed by atoms with E-state index in [1.54, 1.807) is 0 Å². The molecule has 0 aromatic heterocycles. The minimum absolute atomic E-state index is 0.0323. The summed E-state index contributed by atoms with van der Waals surface area (Å²) in [6.45, 7) is 5.61. The molecule has 0 saturated carbocycles. The molecule has 1 aliphatic heterocycles. The molecule has 2 amide bonds. The molecule has 1 aromatic rings. The van der Waals surface area contributed by atoms with Crippen LogP contribution < -0.4 is 10.2 Å². The van der Waals surface area contributed by atoms with Gasteiger partial charge in [0.2, 0.25) is 5.91 Å². The van der Waals surface area contributed by atoms with Gasteiger partial charge in [0.15, 0.2) is 0 Å². The number of hydrogen-bond donors (Lipinski definition) is 1. The third-order valence-electron chi connectivity index (χ3n) is 5.12. The summed E-state index contributed by atoms with van der Waals surface area (Å²) in [6, 6.07) is 7.76. The third kappa shape index (κ3) is 4.97. The van der Waals surface area contributed by atoms with Crippen LogP contribution in [-0.4, -0.2) is 49.9 Å². The Hall–Kier alpha value is -2.04. The van der Waals surface area contributed by atoms with E-state index in [1.807, 2.05) is 48.2 Å². The normalized spacial score (nSPS) is 15.3. The van der Waals surface area contributed by atoms with Gasteiger partial charge < -0.3 is 15.1 Å². The quantitative estimate of drug-likeness (QED) is 0.862. The number of carbonyl (C=O) groups excluding carboxylic acids is 2. The molecule has 1 N–H and O–H groups in total. The fourth-order valence-electron chi connectivity index (χ4n) is 3.32. The lowest BCUT2D eigenvalue weighted by Gasteiger charge is -2.34. The predicted molar refractivity (Wildman–Crippen MR) is 102 cm³/mol. The smallest absolute Gasteiger partial charge is 0.251 e. The van der Waals surface area contributed by atoms with Crippen LogP contribution >= 0.6 is 0 Å². The van der Waals surface area contributed by atoms with Crippen molar-refractivity contribution in [3.05, 3.63) is 29.8 Å². The van der Waals surface area contributed by atoms with Crippen LogP contribution in [0.2, 0.25) is 0 Å². The van der Waals surface area contributed by atoms with Crippen LogP contribution in [0, 0.1) is 5.92 Å². The summed E-state index contributed by atoms with van der Waals surface area (Å²) in [5.74, 6) is 0.380. The van der Waals surface area contributed by atoms with Gasteiger partial charge in [0, 0.05) is 50.4 Å². The second kappa shape index (κ2) is 8.88. The van der Waals surface area contributed by atoms with E-state index in [-0.39, 0.29) is 23.8 Å². The number of anilines is 1. The zero-order valence-corrected chi connectivity index (χ0v) is 15.9. The Bertz CT molecular complexity index is 571. The van der Waals surface area contributed by atoms with Crippen molar-refractivity contribution in [2.75, 3.05) is 32.1 Å². The summed E-state index contributed by atoms with van der Waals surface area (Å²) >= 11 is 0. The number of rotatable bonds is 6. The van der Waals surface area contributed by atoms with Crippen molar-refractivity contribution in [2.45, 2.75) is 45.6 Å². The zero-order valence-electron chi connectivity index (χ0n) is 15.9. The van der Waals surface area contributed by atoms with Gasteiger partial charge in [0.1, 0.15) is 0 Å². The number of nitrogens with zero attached hydrogens (tertiary/aromatic N) is 2. The first kappa shape index (κ1) is 19.3. The van der Waals surface area contributed by atoms with E-state index in [0.717, 1.165) is 44.5 Å². The molecular weight excluding hydrogens is 314 g/mol. The predicted octanol–water partition coefficient (Wildman–Crippen LogP) is 2.91. The SMILES string of the molecule is CCC(CC)C(=O)N1CCC(NC(=O)c2ccc(N(C)C)cc2)CC1. The molecule has 0 atom stereocenters. The summed E-state index contributed by atoms with van der Waals surface area (Å²) in [5.41, 5.74) is 1.76. The molecule has 25 heavy (non-hydrogen) atoms. The van der Waals surface area contributed by atoms with E-state index >= 15 is 0 Å². The number of carbonyl (C=O) groups is 2. The maximum absolute atomic E-state index is 12.4. The fourth-order valence-corrected chi connectivity index (χ4v) is 3.32. The second-order valence-corrected chi connectivity index (χ2v) is 7.03. The van der Waals surface area contributed by atoms with Crippen LogP contribution in [0.1, 0.15) is 49.9 Å². The Morgan fingerprint density at radius 1 is 1.12 bits per heavy atom. The van der Waals surface area contributed by atoms with E-state index in [0.29, 0.717) is 5.56 Å². The average Bonchev–Trinajstić information content (AvgIpc) is 2.63. The number of hydrogen-bond acceptors (Lipinski definition) is 3. The van der Waals surface area contributed by atoms with E-state index in [1.165, 1.54) is 0 Å². The molecule has 1 heterocycles. The molecule has 0 spiro atoms. The summed E-state index contributed by atoms with van der Waals surface area (Å²) in [5, 5.41) is 3.11. The Morgan fingerprint density at radius 2 is 1.68 bits per heavy atom. The Balaban J connectivity index is 1.85. The summed E-state index contributed by atoms with van der Waals surface area (Å²) < 4.78 is 0. The molecule has 5 nitrogen and oxygen atoms in total. The molecule has 1 fully saturated rings. The summed E-state index contributed by atoms with van der Waals surface area (Å²) in [7, 11) is 3.96. The molecule has 1 aromatic carbocycles. The van der Waals surface area contributed by atoms with Gasteiger partial charge in [-0.05, 0) is 49.9 Å². The highest BCUT2D eigenvalue weighted by atomic mass is 16.2. The monoisotopic (exact) mass is 345 g/mol. The number of likely N-dealkylation sites (tertiary alicyclic amines) is 1. The molecule has 5 heteroatoms. The maximum atomic E-state index is 12.4. The molecule has 0 aliphatic carbocycles. The molecule has 0 bridgehead atoms. The first-order valence-electron chi connectivity index (χ1n) is 9.33. The lowest BCUT2D eigenvalue weighted by molar-refractivity contribution is -0.136. The molecule has 1 saturated heterocycles. The first-order valence-corrected chi connectivity index (χ1v) is 9.33. The summed E-state index contributed by atoms with van der Waals surface area (Å²) in [6.07, 6.45) is 3.45. The van der Waals surface area contributed by atoms with Crippen molar-refractivity contribution < 1.29 is 9.59 Å². The van der Waals surface area contributed by atoms with Crippen molar-refractivity contribution >= 4 is 17.5 Å². The van der Waals surface area contributed by atoms with Crippen LogP contribution in [-0.2, 0) is 4.79 Å². The Morgan fingerprint density at radius 3 is 2.16 bits per heavy atom. The van der Waals surface area contributed by atoms with Gasteiger partial charge in [-0.1, -0.05) is 13.8 Å². The zero-order chi connectivity index (χ0) is 18.4. The minimum atomic E-state index is -0.0323. The van der Waals surface area contributed by atoms with Crippen LogP contribution in [0.5, 0.6) is 0 Å². The van der Waals surface area contributed by atoms with Crippen LogP contribution in [0.15, 0.2) is 24.3 Å². The highest BCUT2D eigenvalue weighted by molar-refractivity contribution is 5.94. The second-order valence-electron chi connectivity index (χ2n) is 7.03. The topological polar surface area (TPSA) is 52.7 Å². The van der Waals surface area contributed by atoms with Gasteiger partial charge in [0.05, 0.1) is 0 Å². The molecule has 0 radical (unpaired) electrons. The molecule has 138 valence electrons. The van der Waals surface area contributed by atoms with Crippen molar-refractivity contribution in [3.8, 4) is 0 Å². The molecular formula is C20H31N3O2. The largest absolute Gasteiger partial charge is 0.378 e. The van der Waals surface area contributed by atoms with Crippen molar-refractivity contribution in [1.82, 2.24) is 10.2 Å². The van der Waals surface area contributed by atoms with Crippen molar-refractivity contribution in [1.29, 1.82) is 0 Å². The first-order chi connectivity index (χ1) is 12.0. The number of nitrogens with one attached hydrogen (secondary N) is 1. The molecule has 0 unspecified atom stereocenters. The maximum Gasteiger partial charge on any atom is 0.251 e. The highest BCUT2D eigenvalue weighted by Gasteiger charge is 2.27. The van der Waals surface area contributed by atoms with Gasteiger partial charge in [-0.2, -0.15) is 0 Å². The lowest BCUT2D eigenvalue weighted by atomic mass is 9.98. The van der Waals surface area contributed by atoms with Crippen molar-refractivity contribution in [3.63, 3.8) is 0 Å². The minimum Gasteiger partial charge on any atom is -0.378 e. The van der Waals surface area contributed by atoms with E-state index in [4.69, 9.17) is 0 Å². The van der Waals surface area contributed by atoms with Crippen molar-refractivity contribution in [2.24, 2.45) is 5.92 Å². The lowest BCUT2D eigenvalue weighted by Crippen LogP contribution is -2.48. The van der Waals surface area contributed by atoms with E-state index in [2.05, 4.69) is 19.2 Å². The van der Waals surface area contributed by atoms with Crippen LogP contribution in [0.25, 0.3) is 0 Å². The van der Waals surface area contributed by atoms with Gasteiger partial charge in [-0.3, -0.25) is 9.59 Å². The molecule has 1 aliphatic rings. The highest BCUT2D eigenvalue weighted by Crippen LogP contribution is 2.18. The van der Waals surface area contributed by atoms with Gasteiger partial charge in [-0.25, -0.2) is 0 Å². The number of amides is 2. The standard InChI is InChI=1S/C20H31N3O2/c1-5-15(6-2)20(25)23-13-11-17(12-14-23)21-19(24)16-7-9-18(10-8-16)22(3)4/h7-10,15,17H,5-6,11-14H2,1-4H3,(H,21,24). The van der Waals surface area contributed by atoms with Gasteiger partial charge in [0.25, 0.3) is 5.91 Å².